The number of hydrogen-bond donors (Lipinski definition) is 3. The SMILES string of the molecule is CCNCCNCc1ccc(CC(=O)O)cc1C(F)(F)F. The molecule has 0 radical (unpaired) electrons. The van der Waals surface area contributed by atoms with E-state index in [4.69, 9.17) is 5.11 Å². The highest BCUT2D eigenvalue weighted by molar-refractivity contribution is 5.70. The maximum atomic E-state index is 13.0. The van der Waals surface area contributed by atoms with E-state index in [-0.39, 0.29) is 17.7 Å². The lowest BCUT2D eigenvalue weighted by Crippen LogP contribution is -2.27. The number of benzene rings is 1. The number of alkyl halides is 3. The van der Waals surface area contributed by atoms with E-state index in [0.717, 1.165) is 12.6 Å². The van der Waals surface area contributed by atoms with Crippen molar-refractivity contribution >= 4 is 5.97 Å². The molecule has 0 saturated carbocycles. The Hall–Kier alpha value is -1.60. The van der Waals surface area contributed by atoms with Crippen molar-refractivity contribution in [1.29, 1.82) is 0 Å². The van der Waals surface area contributed by atoms with Crippen LogP contribution in [0.3, 0.4) is 0 Å². The van der Waals surface area contributed by atoms with Crippen LogP contribution >= 0.6 is 0 Å². The van der Waals surface area contributed by atoms with Gasteiger partial charge in [-0.15, -0.1) is 0 Å². The Morgan fingerprint density at radius 3 is 2.48 bits per heavy atom. The third-order valence-corrected chi connectivity index (χ3v) is 2.88. The Labute approximate surface area is 121 Å². The van der Waals surface area contributed by atoms with E-state index in [9.17, 15) is 18.0 Å². The van der Waals surface area contributed by atoms with Crippen LogP contribution in [0.25, 0.3) is 0 Å². The van der Waals surface area contributed by atoms with E-state index in [1.165, 1.54) is 12.1 Å². The molecule has 3 N–H and O–H groups in total. The molecule has 0 fully saturated rings. The van der Waals surface area contributed by atoms with Gasteiger partial charge in [0.15, 0.2) is 0 Å². The summed E-state index contributed by atoms with van der Waals surface area (Å²) < 4.78 is 39.0. The minimum atomic E-state index is -4.49. The molecule has 4 nitrogen and oxygen atoms in total. The minimum absolute atomic E-state index is 0.0909. The zero-order valence-electron chi connectivity index (χ0n) is 11.8. The molecule has 0 spiro atoms. The highest BCUT2D eigenvalue weighted by atomic mass is 19.4. The predicted octanol–water partition coefficient (Wildman–Crippen LogP) is 2.03. The first-order chi connectivity index (χ1) is 9.84. The van der Waals surface area contributed by atoms with Crippen molar-refractivity contribution in [3.05, 3.63) is 34.9 Å². The number of carboxylic acids is 1. The normalized spacial score (nSPS) is 11.6. The van der Waals surface area contributed by atoms with Crippen molar-refractivity contribution in [2.24, 2.45) is 0 Å². The van der Waals surface area contributed by atoms with Gasteiger partial charge in [-0.3, -0.25) is 4.79 Å². The second-order valence-corrected chi connectivity index (χ2v) is 4.59. The Bertz CT molecular complexity index is 476. The maximum absolute atomic E-state index is 13.0. The van der Waals surface area contributed by atoms with Gasteiger partial charge in [0.2, 0.25) is 0 Å². The largest absolute Gasteiger partial charge is 0.481 e. The smallest absolute Gasteiger partial charge is 0.416 e. The number of aliphatic carboxylic acids is 1. The molecule has 0 unspecified atom stereocenters. The molecule has 0 amide bonds. The number of nitrogens with one attached hydrogen (secondary N) is 2. The van der Waals surface area contributed by atoms with Crippen LogP contribution in [0.4, 0.5) is 13.2 Å². The molecule has 0 saturated heterocycles. The van der Waals surface area contributed by atoms with E-state index in [0.29, 0.717) is 13.1 Å². The van der Waals surface area contributed by atoms with Gasteiger partial charge < -0.3 is 15.7 Å². The summed E-state index contributed by atoms with van der Waals surface area (Å²) in [5.41, 5.74) is -0.517. The molecule has 0 heterocycles. The zero-order valence-corrected chi connectivity index (χ0v) is 11.8. The van der Waals surface area contributed by atoms with Crippen LogP contribution in [0.5, 0.6) is 0 Å². The Morgan fingerprint density at radius 2 is 1.90 bits per heavy atom. The van der Waals surface area contributed by atoms with Gasteiger partial charge >= 0.3 is 12.1 Å². The lowest BCUT2D eigenvalue weighted by molar-refractivity contribution is -0.139. The average Bonchev–Trinajstić information content (AvgIpc) is 2.38. The fraction of sp³-hybridized carbons (Fsp3) is 0.500. The van der Waals surface area contributed by atoms with Crippen molar-refractivity contribution in [3.8, 4) is 0 Å². The first-order valence-corrected chi connectivity index (χ1v) is 6.66. The third kappa shape index (κ3) is 6.14. The Morgan fingerprint density at radius 1 is 1.24 bits per heavy atom. The molecule has 1 aromatic carbocycles. The highest BCUT2D eigenvalue weighted by Gasteiger charge is 2.33. The topological polar surface area (TPSA) is 61.4 Å². The molecular weight excluding hydrogens is 285 g/mol. The summed E-state index contributed by atoms with van der Waals surface area (Å²) in [4.78, 5) is 10.6. The molecule has 0 aliphatic rings. The molecule has 1 rings (SSSR count). The van der Waals surface area contributed by atoms with Crippen molar-refractivity contribution in [2.75, 3.05) is 19.6 Å². The zero-order chi connectivity index (χ0) is 15.9. The van der Waals surface area contributed by atoms with Gasteiger partial charge in [-0.2, -0.15) is 13.2 Å². The summed E-state index contributed by atoms with van der Waals surface area (Å²) in [6.45, 7) is 4.08. The van der Waals surface area contributed by atoms with E-state index in [2.05, 4.69) is 10.6 Å². The van der Waals surface area contributed by atoms with Gasteiger partial charge in [-0.25, -0.2) is 0 Å². The first-order valence-electron chi connectivity index (χ1n) is 6.66. The summed E-state index contributed by atoms with van der Waals surface area (Å²) in [6, 6.07) is 3.67. The van der Waals surface area contributed by atoms with Crippen molar-refractivity contribution in [2.45, 2.75) is 26.1 Å². The van der Waals surface area contributed by atoms with Crippen molar-refractivity contribution in [3.63, 3.8) is 0 Å². The fourth-order valence-electron chi connectivity index (χ4n) is 1.90. The van der Waals surface area contributed by atoms with Crippen LogP contribution in [-0.4, -0.2) is 30.7 Å². The van der Waals surface area contributed by atoms with Crippen LogP contribution in [-0.2, 0) is 23.9 Å². The molecule has 21 heavy (non-hydrogen) atoms. The molecule has 0 aromatic heterocycles. The standard InChI is InChI=1S/C14H19F3N2O2/c1-2-18-5-6-19-9-11-4-3-10(8-13(20)21)7-12(11)14(15,16)17/h3-4,7,18-19H,2,5-6,8-9H2,1H3,(H,20,21). The second-order valence-electron chi connectivity index (χ2n) is 4.59. The van der Waals surface area contributed by atoms with Gasteiger partial charge in [0.05, 0.1) is 12.0 Å². The summed E-state index contributed by atoms with van der Waals surface area (Å²) in [7, 11) is 0. The number of carbonyl (C=O) groups is 1. The number of halogens is 3. The summed E-state index contributed by atoms with van der Waals surface area (Å²) in [5, 5.41) is 14.6. The molecule has 7 heteroatoms. The number of rotatable bonds is 8. The average molecular weight is 304 g/mol. The fourth-order valence-corrected chi connectivity index (χ4v) is 1.90. The highest BCUT2D eigenvalue weighted by Crippen LogP contribution is 2.32. The molecule has 0 aliphatic heterocycles. The Balaban J connectivity index is 2.80. The monoisotopic (exact) mass is 304 g/mol. The predicted molar refractivity (Wildman–Crippen MR) is 73.0 cm³/mol. The number of carboxylic acid groups (broad SMARTS) is 1. The van der Waals surface area contributed by atoms with Crippen molar-refractivity contribution < 1.29 is 23.1 Å². The summed E-state index contributed by atoms with van der Waals surface area (Å²) >= 11 is 0. The van der Waals surface area contributed by atoms with Gasteiger partial charge in [-0.1, -0.05) is 19.1 Å². The van der Waals surface area contributed by atoms with E-state index in [1.54, 1.807) is 0 Å². The first kappa shape index (κ1) is 17.5. The Kier molecular flexibility index (Phi) is 6.64. The van der Waals surface area contributed by atoms with Crippen LogP contribution < -0.4 is 10.6 Å². The molecule has 0 aliphatic carbocycles. The molecular formula is C14H19F3N2O2. The molecule has 0 atom stereocenters. The summed E-state index contributed by atoms with van der Waals surface area (Å²) in [6.07, 6.45) is -4.91. The van der Waals surface area contributed by atoms with Crippen LogP contribution in [0.2, 0.25) is 0 Å². The molecule has 118 valence electrons. The van der Waals surface area contributed by atoms with Crippen LogP contribution in [0, 0.1) is 0 Å². The summed E-state index contributed by atoms with van der Waals surface area (Å²) in [5.74, 6) is -1.15. The van der Waals surface area contributed by atoms with E-state index >= 15 is 0 Å². The van der Waals surface area contributed by atoms with E-state index in [1.807, 2.05) is 6.92 Å². The quantitative estimate of drug-likeness (QED) is 0.643. The van der Waals surface area contributed by atoms with Gasteiger partial charge in [0.1, 0.15) is 0 Å². The van der Waals surface area contributed by atoms with Crippen LogP contribution in [0.1, 0.15) is 23.6 Å². The second kappa shape index (κ2) is 7.99. The molecule has 1 aromatic rings. The van der Waals surface area contributed by atoms with Crippen LogP contribution in [0.15, 0.2) is 18.2 Å². The third-order valence-electron chi connectivity index (χ3n) is 2.88. The minimum Gasteiger partial charge on any atom is -0.481 e. The van der Waals surface area contributed by atoms with Gasteiger partial charge in [0, 0.05) is 19.6 Å². The number of hydrogen-bond acceptors (Lipinski definition) is 3. The van der Waals surface area contributed by atoms with Gasteiger partial charge in [0.25, 0.3) is 0 Å². The number of likely N-dealkylation sites (N-methyl/N-ethyl adjacent to an activating group) is 1. The maximum Gasteiger partial charge on any atom is 0.416 e. The molecule has 0 bridgehead atoms. The van der Waals surface area contributed by atoms with E-state index < -0.39 is 24.1 Å². The van der Waals surface area contributed by atoms with Crippen molar-refractivity contribution in [1.82, 2.24) is 10.6 Å². The lowest BCUT2D eigenvalue weighted by Gasteiger charge is -2.15. The van der Waals surface area contributed by atoms with Gasteiger partial charge in [-0.05, 0) is 23.7 Å². The lowest BCUT2D eigenvalue weighted by atomic mass is 10.0.